The minimum absolute atomic E-state index is 0.254. The second-order valence-electron chi connectivity index (χ2n) is 3.39. The van der Waals surface area contributed by atoms with E-state index >= 15 is 0 Å². The Labute approximate surface area is 88.9 Å². The Morgan fingerprint density at radius 2 is 2.14 bits per heavy atom. The van der Waals surface area contributed by atoms with Gasteiger partial charge in [0.05, 0.1) is 12.0 Å². The molecule has 0 spiro atoms. The van der Waals surface area contributed by atoms with E-state index in [0.717, 1.165) is 13.1 Å². The highest BCUT2D eigenvalue weighted by molar-refractivity contribution is 7.99. The number of hydrogen-bond donors (Lipinski definition) is 1. The highest BCUT2D eigenvalue weighted by Gasteiger charge is 2.25. The molecule has 0 radical (unpaired) electrons. The Morgan fingerprint density at radius 1 is 1.36 bits per heavy atom. The first kappa shape index (κ1) is 10.0. The van der Waals surface area contributed by atoms with Crippen LogP contribution in [0, 0.1) is 0 Å². The number of hydrogen-bond acceptors (Lipinski definition) is 3. The van der Waals surface area contributed by atoms with Crippen LogP contribution < -0.4 is 0 Å². The normalized spacial score (nSPS) is 22.8. The van der Waals surface area contributed by atoms with Crippen molar-refractivity contribution in [1.29, 1.82) is 0 Å². The van der Waals surface area contributed by atoms with Crippen LogP contribution in [0.1, 0.15) is 10.9 Å². The molecule has 2 rings (SSSR count). The molecule has 0 bridgehead atoms. The second-order valence-corrected chi connectivity index (χ2v) is 4.58. The third-order valence-corrected chi connectivity index (χ3v) is 3.76. The Hall–Kier alpha value is -0.510. The lowest BCUT2D eigenvalue weighted by molar-refractivity contribution is 0.201. The van der Waals surface area contributed by atoms with Crippen LogP contribution in [0.5, 0.6) is 0 Å². The van der Waals surface area contributed by atoms with Crippen LogP contribution in [0.25, 0.3) is 0 Å². The first-order valence-electron chi connectivity index (χ1n) is 4.93. The smallest absolute Gasteiger partial charge is 0.0815 e. The molecule has 1 aliphatic heterocycles. The molecule has 1 aliphatic rings. The Kier molecular flexibility index (Phi) is 3.45. The van der Waals surface area contributed by atoms with Crippen LogP contribution in [-0.4, -0.2) is 35.5 Å². The van der Waals surface area contributed by atoms with E-state index in [1.807, 2.05) is 17.8 Å². The number of rotatable bonds is 3. The van der Waals surface area contributed by atoms with Crippen molar-refractivity contribution in [3.05, 3.63) is 35.9 Å². The second kappa shape index (κ2) is 4.82. The summed E-state index contributed by atoms with van der Waals surface area (Å²) in [4.78, 5) is 2.33. The lowest BCUT2D eigenvalue weighted by Crippen LogP contribution is -2.26. The predicted octanol–water partition coefficient (Wildman–Crippen LogP) is 1.73. The van der Waals surface area contributed by atoms with Gasteiger partial charge in [-0.25, -0.2) is 0 Å². The van der Waals surface area contributed by atoms with E-state index in [2.05, 4.69) is 29.2 Å². The van der Waals surface area contributed by atoms with Crippen LogP contribution in [0.4, 0.5) is 0 Å². The molecular weight excluding hydrogens is 194 g/mol. The quantitative estimate of drug-likeness (QED) is 0.820. The summed E-state index contributed by atoms with van der Waals surface area (Å²) in [6.45, 7) is 2.13. The average Bonchev–Trinajstić information content (AvgIpc) is 2.68. The zero-order valence-corrected chi connectivity index (χ0v) is 8.91. The third kappa shape index (κ3) is 2.11. The van der Waals surface area contributed by atoms with Crippen LogP contribution >= 0.6 is 11.8 Å². The fraction of sp³-hybridized carbons (Fsp3) is 0.455. The van der Waals surface area contributed by atoms with Crippen LogP contribution in [0.3, 0.4) is 0 Å². The van der Waals surface area contributed by atoms with Gasteiger partial charge in [-0.15, -0.1) is 11.8 Å². The number of β-amino-alcohol motifs (C(OH)–C–C–N with tert-alkyl or cyclic N) is 1. The van der Waals surface area contributed by atoms with E-state index in [0.29, 0.717) is 5.37 Å². The summed E-state index contributed by atoms with van der Waals surface area (Å²) in [5, 5.41) is 9.39. The number of aliphatic hydroxyl groups is 1. The monoisotopic (exact) mass is 209 g/mol. The lowest BCUT2D eigenvalue weighted by Gasteiger charge is -2.22. The molecule has 0 aliphatic carbocycles. The van der Waals surface area contributed by atoms with E-state index in [1.165, 1.54) is 11.3 Å². The molecule has 3 heteroatoms. The molecule has 76 valence electrons. The molecular formula is C11H15NOS. The highest BCUT2D eigenvalue weighted by Crippen LogP contribution is 2.37. The topological polar surface area (TPSA) is 23.5 Å². The average molecular weight is 209 g/mol. The van der Waals surface area contributed by atoms with Gasteiger partial charge in [0.1, 0.15) is 0 Å². The van der Waals surface area contributed by atoms with Crippen molar-refractivity contribution < 1.29 is 5.11 Å². The maximum absolute atomic E-state index is 8.94. The summed E-state index contributed by atoms with van der Waals surface area (Å²) in [6.07, 6.45) is 0. The molecule has 14 heavy (non-hydrogen) atoms. The van der Waals surface area contributed by atoms with Gasteiger partial charge in [0, 0.05) is 18.8 Å². The molecule has 0 saturated carbocycles. The van der Waals surface area contributed by atoms with Gasteiger partial charge in [-0.1, -0.05) is 30.3 Å². The summed E-state index contributed by atoms with van der Waals surface area (Å²) in [5.41, 5.74) is 1.35. The van der Waals surface area contributed by atoms with E-state index < -0.39 is 0 Å². The largest absolute Gasteiger partial charge is 0.395 e. The van der Waals surface area contributed by atoms with Gasteiger partial charge in [-0.2, -0.15) is 0 Å². The molecule has 0 amide bonds. The van der Waals surface area contributed by atoms with Crippen LogP contribution in [0.2, 0.25) is 0 Å². The maximum Gasteiger partial charge on any atom is 0.0815 e. The first-order valence-corrected chi connectivity index (χ1v) is 5.98. The van der Waals surface area contributed by atoms with E-state index in [4.69, 9.17) is 5.11 Å². The van der Waals surface area contributed by atoms with Crippen LogP contribution in [-0.2, 0) is 0 Å². The molecule has 1 aromatic rings. The molecule has 1 N–H and O–H groups in total. The van der Waals surface area contributed by atoms with Gasteiger partial charge >= 0.3 is 0 Å². The van der Waals surface area contributed by atoms with Crippen molar-refractivity contribution in [2.24, 2.45) is 0 Å². The minimum Gasteiger partial charge on any atom is -0.395 e. The summed E-state index contributed by atoms with van der Waals surface area (Å²) in [7, 11) is 0. The summed E-state index contributed by atoms with van der Waals surface area (Å²) >= 11 is 1.96. The SMILES string of the molecule is OCCN1CCSC1c1ccccc1. The number of thioether (sulfide) groups is 1. The predicted molar refractivity (Wildman–Crippen MR) is 60.3 cm³/mol. The van der Waals surface area contributed by atoms with Gasteiger partial charge in [-0.05, 0) is 5.56 Å². The van der Waals surface area contributed by atoms with Gasteiger partial charge in [-0.3, -0.25) is 4.90 Å². The van der Waals surface area contributed by atoms with Crippen LogP contribution in [0.15, 0.2) is 30.3 Å². The number of benzene rings is 1. The summed E-state index contributed by atoms with van der Waals surface area (Å²) < 4.78 is 0. The molecule has 1 heterocycles. The molecule has 1 atom stereocenters. The Balaban J connectivity index is 2.10. The van der Waals surface area contributed by atoms with Crippen molar-refractivity contribution in [2.75, 3.05) is 25.4 Å². The van der Waals surface area contributed by atoms with Crippen molar-refractivity contribution in [3.8, 4) is 0 Å². The lowest BCUT2D eigenvalue weighted by atomic mass is 10.2. The number of aliphatic hydroxyl groups excluding tert-OH is 1. The highest BCUT2D eigenvalue weighted by atomic mass is 32.2. The Bertz CT molecular complexity index is 278. The van der Waals surface area contributed by atoms with Crippen molar-refractivity contribution in [2.45, 2.75) is 5.37 Å². The molecule has 1 saturated heterocycles. The van der Waals surface area contributed by atoms with Gasteiger partial charge in [0.2, 0.25) is 0 Å². The summed E-state index contributed by atoms with van der Waals surface area (Å²) in [6, 6.07) is 10.5. The molecule has 1 fully saturated rings. The van der Waals surface area contributed by atoms with E-state index in [9.17, 15) is 0 Å². The Morgan fingerprint density at radius 3 is 2.86 bits per heavy atom. The maximum atomic E-state index is 8.94. The molecule has 2 nitrogen and oxygen atoms in total. The fourth-order valence-electron chi connectivity index (χ4n) is 1.79. The molecule has 1 unspecified atom stereocenters. The van der Waals surface area contributed by atoms with Crippen molar-refractivity contribution in [1.82, 2.24) is 4.90 Å². The molecule has 1 aromatic carbocycles. The van der Waals surface area contributed by atoms with E-state index in [-0.39, 0.29) is 6.61 Å². The zero-order chi connectivity index (χ0) is 9.80. The zero-order valence-electron chi connectivity index (χ0n) is 8.10. The fourth-order valence-corrected chi connectivity index (χ4v) is 3.12. The standard InChI is InChI=1S/C11H15NOS/c13-8-6-12-7-9-14-11(12)10-4-2-1-3-5-10/h1-5,11,13H,6-9H2. The van der Waals surface area contributed by atoms with Gasteiger partial charge in [0.15, 0.2) is 0 Å². The minimum atomic E-state index is 0.254. The number of nitrogens with zero attached hydrogens (tertiary/aromatic N) is 1. The first-order chi connectivity index (χ1) is 6.92. The molecule has 0 aromatic heterocycles. The van der Waals surface area contributed by atoms with Gasteiger partial charge < -0.3 is 5.11 Å². The third-order valence-electron chi connectivity index (χ3n) is 2.46. The summed E-state index contributed by atoms with van der Waals surface area (Å²) in [5.74, 6) is 1.17. The van der Waals surface area contributed by atoms with Crippen molar-refractivity contribution >= 4 is 11.8 Å². The van der Waals surface area contributed by atoms with E-state index in [1.54, 1.807) is 0 Å². The van der Waals surface area contributed by atoms with Crippen molar-refractivity contribution in [3.63, 3.8) is 0 Å². The van der Waals surface area contributed by atoms with Gasteiger partial charge in [0.25, 0.3) is 0 Å².